The summed E-state index contributed by atoms with van der Waals surface area (Å²) in [4.78, 5) is 29.9. The SMILES string of the molecule is CC(=O)ON=C1Cc2cc(Sc3ccc(C(C)C)cc3)ccc2C1=O. The minimum atomic E-state index is -0.530. The van der Waals surface area contributed by atoms with Crippen LogP contribution in [0.3, 0.4) is 0 Å². The van der Waals surface area contributed by atoms with Crippen LogP contribution < -0.4 is 0 Å². The zero-order chi connectivity index (χ0) is 18.0. The van der Waals surface area contributed by atoms with Crippen LogP contribution in [0.25, 0.3) is 0 Å². The molecule has 5 heteroatoms. The van der Waals surface area contributed by atoms with Gasteiger partial charge in [-0.25, -0.2) is 4.79 Å². The van der Waals surface area contributed by atoms with E-state index in [4.69, 9.17) is 0 Å². The Hall–Kier alpha value is -2.40. The first-order valence-electron chi connectivity index (χ1n) is 8.14. The molecule has 0 radical (unpaired) electrons. The van der Waals surface area contributed by atoms with E-state index in [0.717, 1.165) is 15.4 Å². The first kappa shape index (κ1) is 17.4. The van der Waals surface area contributed by atoms with E-state index < -0.39 is 5.97 Å². The molecule has 0 N–H and O–H groups in total. The van der Waals surface area contributed by atoms with Crippen LogP contribution in [0.1, 0.15) is 48.2 Å². The molecule has 4 nitrogen and oxygen atoms in total. The van der Waals surface area contributed by atoms with Gasteiger partial charge in [0.05, 0.1) is 0 Å². The molecule has 0 aromatic heterocycles. The van der Waals surface area contributed by atoms with Gasteiger partial charge < -0.3 is 4.84 Å². The van der Waals surface area contributed by atoms with Gasteiger partial charge in [-0.3, -0.25) is 4.79 Å². The summed E-state index contributed by atoms with van der Waals surface area (Å²) in [6.45, 7) is 5.61. The summed E-state index contributed by atoms with van der Waals surface area (Å²) in [5, 5.41) is 3.67. The first-order chi connectivity index (χ1) is 11.9. The monoisotopic (exact) mass is 353 g/mol. The van der Waals surface area contributed by atoms with Crippen LogP contribution in [0.5, 0.6) is 0 Å². The summed E-state index contributed by atoms with van der Waals surface area (Å²) >= 11 is 1.66. The van der Waals surface area contributed by atoms with Gasteiger partial charge in [-0.05, 0) is 47.4 Å². The molecular formula is C20H19NO3S. The van der Waals surface area contributed by atoms with Crippen molar-refractivity contribution in [1.82, 2.24) is 0 Å². The Bertz CT molecular complexity index is 854. The van der Waals surface area contributed by atoms with Gasteiger partial charge in [-0.2, -0.15) is 0 Å². The molecule has 0 atom stereocenters. The van der Waals surface area contributed by atoms with Crippen molar-refractivity contribution in [3.63, 3.8) is 0 Å². The molecule has 0 saturated carbocycles. The molecule has 0 bridgehead atoms. The summed E-state index contributed by atoms with van der Waals surface area (Å²) in [7, 11) is 0. The number of oxime groups is 1. The molecule has 0 spiro atoms. The van der Waals surface area contributed by atoms with Crippen molar-refractivity contribution in [2.45, 2.75) is 42.9 Å². The molecule has 3 rings (SSSR count). The molecule has 0 heterocycles. The highest BCUT2D eigenvalue weighted by molar-refractivity contribution is 7.99. The van der Waals surface area contributed by atoms with Gasteiger partial charge in [0.1, 0.15) is 5.71 Å². The highest BCUT2D eigenvalue weighted by atomic mass is 32.2. The van der Waals surface area contributed by atoms with Gasteiger partial charge in [0, 0.05) is 28.7 Å². The van der Waals surface area contributed by atoms with Gasteiger partial charge >= 0.3 is 5.97 Å². The number of carbonyl (C=O) groups excluding carboxylic acids is 2. The third-order valence-corrected chi connectivity index (χ3v) is 5.01. The molecular weight excluding hydrogens is 334 g/mol. The second-order valence-electron chi connectivity index (χ2n) is 6.27. The highest BCUT2D eigenvalue weighted by Crippen LogP contribution is 2.32. The van der Waals surface area contributed by atoms with E-state index in [9.17, 15) is 9.59 Å². The van der Waals surface area contributed by atoms with Gasteiger partial charge in [-0.1, -0.05) is 42.9 Å². The summed E-state index contributed by atoms with van der Waals surface area (Å²) < 4.78 is 0. The van der Waals surface area contributed by atoms with Crippen molar-refractivity contribution in [1.29, 1.82) is 0 Å². The minimum absolute atomic E-state index is 0.172. The Morgan fingerprint density at radius 2 is 1.80 bits per heavy atom. The van der Waals surface area contributed by atoms with Crippen molar-refractivity contribution < 1.29 is 14.4 Å². The molecule has 0 fully saturated rings. The van der Waals surface area contributed by atoms with Gasteiger partial charge in [0.2, 0.25) is 5.78 Å². The second-order valence-corrected chi connectivity index (χ2v) is 7.42. The van der Waals surface area contributed by atoms with Crippen molar-refractivity contribution >= 4 is 29.2 Å². The van der Waals surface area contributed by atoms with Gasteiger partial charge in [0.15, 0.2) is 0 Å². The Balaban J connectivity index is 1.77. The fourth-order valence-corrected chi connectivity index (χ4v) is 3.55. The Kier molecular flexibility index (Phi) is 5.04. The van der Waals surface area contributed by atoms with Crippen LogP contribution in [0.4, 0.5) is 0 Å². The Morgan fingerprint density at radius 1 is 1.12 bits per heavy atom. The summed E-state index contributed by atoms with van der Waals surface area (Å²) in [5.74, 6) is -0.189. The first-order valence-corrected chi connectivity index (χ1v) is 8.95. The fourth-order valence-electron chi connectivity index (χ4n) is 2.67. The third-order valence-electron chi connectivity index (χ3n) is 4.01. The average Bonchev–Trinajstić information content (AvgIpc) is 2.89. The quantitative estimate of drug-likeness (QED) is 0.594. The normalized spacial score (nSPS) is 14.9. The molecule has 128 valence electrons. The zero-order valence-electron chi connectivity index (χ0n) is 14.4. The molecule has 1 aliphatic carbocycles. The van der Waals surface area contributed by atoms with Crippen LogP contribution in [-0.2, 0) is 16.1 Å². The predicted octanol–water partition coefficient (Wildman–Crippen LogP) is 4.62. The maximum Gasteiger partial charge on any atom is 0.331 e. The van der Waals surface area contributed by atoms with E-state index in [0.29, 0.717) is 17.9 Å². The number of hydrogen-bond acceptors (Lipinski definition) is 5. The van der Waals surface area contributed by atoms with Crippen molar-refractivity contribution in [3.8, 4) is 0 Å². The highest BCUT2D eigenvalue weighted by Gasteiger charge is 2.27. The predicted molar refractivity (Wildman–Crippen MR) is 98.3 cm³/mol. The largest absolute Gasteiger partial charge is 0.331 e. The van der Waals surface area contributed by atoms with E-state index in [1.54, 1.807) is 11.8 Å². The topological polar surface area (TPSA) is 55.7 Å². The average molecular weight is 353 g/mol. The van der Waals surface area contributed by atoms with Crippen molar-refractivity contribution in [2.75, 3.05) is 0 Å². The molecule has 2 aromatic rings. The number of benzene rings is 2. The lowest BCUT2D eigenvalue weighted by molar-refractivity contribution is -0.140. The van der Waals surface area contributed by atoms with E-state index in [-0.39, 0.29) is 11.5 Å². The van der Waals surface area contributed by atoms with Crippen LogP contribution in [0.2, 0.25) is 0 Å². The Morgan fingerprint density at radius 3 is 2.44 bits per heavy atom. The number of fused-ring (bicyclic) bond motifs is 1. The van der Waals surface area contributed by atoms with E-state index in [2.05, 4.69) is 48.1 Å². The van der Waals surface area contributed by atoms with Crippen LogP contribution in [-0.4, -0.2) is 17.5 Å². The van der Waals surface area contributed by atoms with E-state index in [1.165, 1.54) is 12.5 Å². The summed E-state index contributed by atoms with van der Waals surface area (Å²) in [6, 6.07) is 14.3. The van der Waals surface area contributed by atoms with Crippen LogP contribution >= 0.6 is 11.8 Å². The molecule has 0 unspecified atom stereocenters. The zero-order valence-corrected chi connectivity index (χ0v) is 15.2. The molecule has 1 aliphatic rings. The lowest BCUT2D eigenvalue weighted by Crippen LogP contribution is -2.09. The summed E-state index contributed by atoms with van der Waals surface area (Å²) in [6.07, 6.45) is 0.391. The number of carbonyl (C=O) groups is 2. The molecule has 0 amide bonds. The van der Waals surface area contributed by atoms with Gasteiger partial charge in [0.25, 0.3) is 0 Å². The number of rotatable bonds is 4. The lowest BCUT2D eigenvalue weighted by Gasteiger charge is -2.07. The van der Waals surface area contributed by atoms with Crippen molar-refractivity contribution in [2.24, 2.45) is 5.16 Å². The maximum absolute atomic E-state index is 12.3. The second kappa shape index (κ2) is 7.23. The number of ketones is 1. The number of hydrogen-bond donors (Lipinski definition) is 0. The smallest absolute Gasteiger partial charge is 0.318 e. The van der Waals surface area contributed by atoms with Crippen LogP contribution in [0.15, 0.2) is 57.4 Å². The van der Waals surface area contributed by atoms with Gasteiger partial charge in [-0.15, -0.1) is 0 Å². The molecule has 2 aromatic carbocycles. The lowest BCUT2D eigenvalue weighted by atomic mass is 10.0. The third kappa shape index (κ3) is 3.99. The summed E-state index contributed by atoms with van der Waals surface area (Å²) in [5.41, 5.74) is 3.13. The van der Waals surface area contributed by atoms with E-state index >= 15 is 0 Å². The minimum Gasteiger partial charge on any atom is -0.318 e. The number of Topliss-reactive ketones (excluding diaryl/α,β-unsaturated/α-hetero) is 1. The standard InChI is InChI=1S/C20H19NO3S/c1-12(2)14-4-6-16(7-5-14)25-17-8-9-18-15(10-17)11-19(20(18)23)21-24-13(3)22/h4-10,12H,11H2,1-3H3. The van der Waals surface area contributed by atoms with Crippen molar-refractivity contribution in [3.05, 3.63) is 59.2 Å². The maximum atomic E-state index is 12.3. The molecule has 25 heavy (non-hydrogen) atoms. The molecule has 0 saturated heterocycles. The Labute approximate surface area is 151 Å². The number of nitrogens with zero attached hydrogens (tertiary/aromatic N) is 1. The van der Waals surface area contributed by atoms with E-state index in [1.807, 2.05) is 18.2 Å². The molecule has 0 aliphatic heterocycles. The van der Waals surface area contributed by atoms with Crippen LogP contribution in [0, 0.1) is 0 Å². The fraction of sp³-hybridized carbons (Fsp3) is 0.250.